The third kappa shape index (κ3) is 3.20. The van der Waals surface area contributed by atoms with Crippen LogP contribution in [0.4, 0.5) is 0 Å². The second kappa shape index (κ2) is 6.03. The molecule has 1 aromatic heterocycles. The molecule has 0 saturated heterocycles. The molecule has 0 aliphatic rings. The Kier molecular flexibility index (Phi) is 4.40. The van der Waals surface area contributed by atoms with Crippen LogP contribution in [0.1, 0.15) is 24.9 Å². The summed E-state index contributed by atoms with van der Waals surface area (Å²) < 4.78 is 0. The fraction of sp³-hybridized carbons (Fsp3) is 0.357. The third-order valence-corrected chi connectivity index (χ3v) is 4.00. The number of nitrogens with zero attached hydrogens (tertiary/aromatic N) is 1. The fourth-order valence-corrected chi connectivity index (χ4v) is 2.67. The number of thioether (sulfide) groups is 1. The molecule has 1 unspecified atom stereocenters. The second-order valence-corrected chi connectivity index (χ2v) is 5.29. The van der Waals surface area contributed by atoms with Crippen LogP contribution >= 0.6 is 11.8 Å². The lowest BCUT2D eigenvalue weighted by Crippen LogP contribution is -2.13. The van der Waals surface area contributed by atoms with Crippen LogP contribution in [0.2, 0.25) is 0 Å². The van der Waals surface area contributed by atoms with E-state index in [9.17, 15) is 0 Å². The highest BCUT2D eigenvalue weighted by atomic mass is 32.2. The highest BCUT2D eigenvalue weighted by molar-refractivity contribution is 7.99. The molecule has 0 amide bonds. The maximum atomic E-state index is 6.18. The van der Waals surface area contributed by atoms with Gasteiger partial charge in [-0.05, 0) is 29.9 Å². The Balaban J connectivity index is 2.12. The highest BCUT2D eigenvalue weighted by Crippen LogP contribution is 2.20. The first-order valence-electron chi connectivity index (χ1n) is 5.99. The molecule has 3 heteroatoms. The van der Waals surface area contributed by atoms with Crippen molar-refractivity contribution in [1.82, 2.24) is 4.98 Å². The van der Waals surface area contributed by atoms with Crippen LogP contribution < -0.4 is 5.73 Å². The summed E-state index contributed by atoms with van der Waals surface area (Å²) >= 11 is 1.92. The van der Waals surface area contributed by atoms with Gasteiger partial charge in [0.05, 0.1) is 5.52 Å². The number of benzene rings is 1. The summed E-state index contributed by atoms with van der Waals surface area (Å²) in [5.41, 5.74) is 8.39. The van der Waals surface area contributed by atoms with E-state index in [0.717, 1.165) is 11.3 Å². The highest BCUT2D eigenvalue weighted by Gasteiger charge is 2.06. The van der Waals surface area contributed by atoms with E-state index >= 15 is 0 Å². The summed E-state index contributed by atoms with van der Waals surface area (Å²) in [4.78, 5) is 4.36. The monoisotopic (exact) mass is 246 g/mol. The van der Waals surface area contributed by atoms with Gasteiger partial charge < -0.3 is 5.73 Å². The summed E-state index contributed by atoms with van der Waals surface area (Å²) in [5.74, 6) is 2.16. The molecular weight excluding hydrogens is 228 g/mol. The van der Waals surface area contributed by atoms with E-state index in [4.69, 9.17) is 5.73 Å². The van der Waals surface area contributed by atoms with Gasteiger partial charge in [-0.3, -0.25) is 4.98 Å². The minimum Gasteiger partial charge on any atom is -0.323 e. The SMILES string of the molecule is CCCSCC(N)c1ccc2cccnc2c1. The molecule has 0 aliphatic heterocycles. The van der Waals surface area contributed by atoms with E-state index in [1.807, 2.05) is 24.0 Å². The van der Waals surface area contributed by atoms with Crippen LogP contribution in [0.15, 0.2) is 36.5 Å². The van der Waals surface area contributed by atoms with E-state index in [1.165, 1.54) is 23.1 Å². The van der Waals surface area contributed by atoms with Gasteiger partial charge in [-0.2, -0.15) is 11.8 Å². The van der Waals surface area contributed by atoms with Crippen LogP contribution in [0.25, 0.3) is 10.9 Å². The maximum Gasteiger partial charge on any atom is 0.0705 e. The summed E-state index contributed by atoms with van der Waals surface area (Å²) in [6.45, 7) is 2.19. The first kappa shape index (κ1) is 12.4. The molecule has 1 aromatic carbocycles. The van der Waals surface area contributed by atoms with Crippen LogP contribution in [0, 0.1) is 0 Å². The van der Waals surface area contributed by atoms with Crippen molar-refractivity contribution >= 4 is 22.7 Å². The van der Waals surface area contributed by atoms with Crippen molar-refractivity contribution in [2.45, 2.75) is 19.4 Å². The lowest BCUT2D eigenvalue weighted by molar-refractivity contribution is 0.832. The standard InChI is InChI=1S/C14H18N2S/c1-2-8-17-10-13(15)12-6-5-11-4-3-7-16-14(11)9-12/h3-7,9,13H,2,8,10,15H2,1H3. The molecule has 0 fully saturated rings. The summed E-state index contributed by atoms with van der Waals surface area (Å²) in [6.07, 6.45) is 3.03. The van der Waals surface area contributed by atoms with Gasteiger partial charge in [0.2, 0.25) is 0 Å². The number of rotatable bonds is 5. The minimum atomic E-state index is 0.109. The van der Waals surface area contributed by atoms with Gasteiger partial charge in [0, 0.05) is 23.4 Å². The van der Waals surface area contributed by atoms with Crippen molar-refractivity contribution in [3.8, 4) is 0 Å². The zero-order valence-corrected chi connectivity index (χ0v) is 10.9. The molecule has 0 aliphatic carbocycles. The Labute approximate surface area is 107 Å². The molecule has 0 saturated carbocycles. The average Bonchev–Trinajstić information content (AvgIpc) is 2.38. The third-order valence-electron chi connectivity index (χ3n) is 2.70. The van der Waals surface area contributed by atoms with Crippen molar-refractivity contribution in [3.63, 3.8) is 0 Å². The number of pyridine rings is 1. The molecule has 2 nitrogen and oxygen atoms in total. The topological polar surface area (TPSA) is 38.9 Å². The number of aromatic nitrogens is 1. The Bertz CT molecular complexity index is 484. The molecule has 0 radical (unpaired) electrons. The van der Waals surface area contributed by atoms with Gasteiger partial charge in [-0.1, -0.05) is 25.1 Å². The van der Waals surface area contributed by atoms with Gasteiger partial charge in [0.1, 0.15) is 0 Å². The van der Waals surface area contributed by atoms with Crippen LogP contribution in [-0.4, -0.2) is 16.5 Å². The van der Waals surface area contributed by atoms with Crippen LogP contribution in [0.3, 0.4) is 0 Å². The van der Waals surface area contributed by atoms with Crippen molar-refractivity contribution in [2.24, 2.45) is 5.73 Å². The molecule has 2 N–H and O–H groups in total. The second-order valence-electron chi connectivity index (χ2n) is 4.14. The van der Waals surface area contributed by atoms with Crippen LogP contribution in [-0.2, 0) is 0 Å². The first-order chi connectivity index (χ1) is 8.31. The summed E-state index contributed by atoms with van der Waals surface area (Å²) in [6, 6.07) is 10.5. The lowest BCUT2D eigenvalue weighted by Gasteiger charge is -2.12. The van der Waals surface area contributed by atoms with Crippen molar-refractivity contribution in [3.05, 3.63) is 42.1 Å². The van der Waals surface area contributed by atoms with E-state index < -0.39 is 0 Å². The predicted octanol–water partition coefficient (Wildman–Crippen LogP) is 3.38. The number of fused-ring (bicyclic) bond motifs is 1. The van der Waals surface area contributed by atoms with Crippen molar-refractivity contribution in [1.29, 1.82) is 0 Å². The summed E-state index contributed by atoms with van der Waals surface area (Å²) in [7, 11) is 0. The first-order valence-corrected chi connectivity index (χ1v) is 7.14. The molecular formula is C14H18N2S. The Morgan fingerprint density at radius 2 is 2.24 bits per heavy atom. The maximum absolute atomic E-state index is 6.18. The number of nitrogens with two attached hydrogens (primary N) is 1. The van der Waals surface area contributed by atoms with E-state index in [-0.39, 0.29) is 6.04 Å². The molecule has 0 spiro atoms. The molecule has 0 bridgehead atoms. The molecule has 1 atom stereocenters. The van der Waals surface area contributed by atoms with E-state index in [0.29, 0.717) is 0 Å². The largest absolute Gasteiger partial charge is 0.323 e. The molecule has 2 aromatic rings. The smallest absolute Gasteiger partial charge is 0.0705 e. The number of hydrogen-bond donors (Lipinski definition) is 1. The zero-order valence-electron chi connectivity index (χ0n) is 10.1. The van der Waals surface area contributed by atoms with Crippen molar-refractivity contribution in [2.75, 3.05) is 11.5 Å². The molecule has 1 heterocycles. The van der Waals surface area contributed by atoms with Gasteiger partial charge in [-0.25, -0.2) is 0 Å². The van der Waals surface area contributed by atoms with Gasteiger partial charge in [-0.15, -0.1) is 0 Å². The fourth-order valence-electron chi connectivity index (χ4n) is 1.76. The van der Waals surface area contributed by atoms with Gasteiger partial charge in [0.25, 0.3) is 0 Å². The Hall–Kier alpha value is -1.06. The molecule has 17 heavy (non-hydrogen) atoms. The Morgan fingerprint density at radius 1 is 1.35 bits per heavy atom. The van der Waals surface area contributed by atoms with E-state index in [1.54, 1.807) is 0 Å². The molecule has 2 rings (SSSR count). The zero-order chi connectivity index (χ0) is 12.1. The normalized spacial score (nSPS) is 12.8. The minimum absolute atomic E-state index is 0.109. The van der Waals surface area contributed by atoms with Crippen LogP contribution in [0.5, 0.6) is 0 Å². The Morgan fingerprint density at radius 3 is 3.06 bits per heavy atom. The lowest BCUT2D eigenvalue weighted by atomic mass is 10.1. The summed E-state index contributed by atoms with van der Waals surface area (Å²) in [5, 5.41) is 1.17. The quantitative estimate of drug-likeness (QED) is 0.822. The molecule has 90 valence electrons. The van der Waals surface area contributed by atoms with Crippen molar-refractivity contribution < 1.29 is 0 Å². The number of hydrogen-bond acceptors (Lipinski definition) is 3. The van der Waals surface area contributed by atoms with Gasteiger partial charge in [0.15, 0.2) is 0 Å². The predicted molar refractivity (Wildman–Crippen MR) is 76.3 cm³/mol. The van der Waals surface area contributed by atoms with E-state index in [2.05, 4.69) is 36.2 Å². The average molecular weight is 246 g/mol. The van der Waals surface area contributed by atoms with Gasteiger partial charge >= 0.3 is 0 Å².